The molecular weight excluding hydrogens is 322 g/mol. The minimum absolute atomic E-state index is 0.000916. The van der Waals surface area contributed by atoms with Crippen molar-refractivity contribution in [1.82, 2.24) is 0 Å². The second kappa shape index (κ2) is 7.83. The molecule has 4 N–H and O–H groups in total. The highest BCUT2D eigenvalue weighted by Crippen LogP contribution is 2.41. The van der Waals surface area contributed by atoms with Crippen molar-refractivity contribution in [2.24, 2.45) is 0 Å². The first-order valence-electron chi connectivity index (χ1n) is 8.74. The predicted octanol–water partition coefficient (Wildman–Crippen LogP) is 0.865. The third-order valence-corrected chi connectivity index (χ3v) is 5.13. The lowest BCUT2D eigenvalue weighted by molar-refractivity contribution is -0.120. The first-order chi connectivity index (χ1) is 11.7. The topological polar surface area (TPSA) is 101 Å². The molecule has 2 rings (SSSR count). The van der Waals surface area contributed by atoms with E-state index in [-0.39, 0.29) is 24.2 Å². The van der Waals surface area contributed by atoms with Gasteiger partial charge < -0.3 is 25.3 Å². The average molecular weight is 351 g/mol. The van der Waals surface area contributed by atoms with Crippen molar-refractivity contribution in [3.05, 3.63) is 29.3 Å². The molecule has 0 aliphatic carbocycles. The van der Waals surface area contributed by atoms with Gasteiger partial charge in [-0.15, -0.1) is 0 Å². The fourth-order valence-corrected chi connectivity index (χ4v) is 3.39. The van der Waals surface area contributed by atoms with Crippen molar-refractivity contribution in [3.8, 4) is 0 Å². The first-order valence-corrected chi connectivity index (χ1v) is 8.74. The molecule has 1 aromatic rings. The molecule has 1 amide bonds. The summed E-state index contributed by atoms with van der Waals surface area (Å²) in [7, 11) is 0. The first kappa shape index (κ1) is 19.8. The molecule has 25 heavy (non-hydrogen) atoms. The molecule has 6 nitrogen and oxygen atoms in total. The summed E-state index contributed by atoms with van der Waals surface area (Å²) in [6.07, 6.45) is -3.20. The van der Waals surface area contributed by atoms with Gasteiger partial charge in [0, 0.05) is 13.0 Å². The molecule has 1 aliphatic rings. The van der Waals surface area contributed by atoms with Crippen LogP contribution in [0.2, 0.25) is 0 Å². The van der Waals surface area contributed by atoms with E-state index < -0.39 is 24.9 Å². The minimum Gasteiger partial charge on any atom is -0.394 e. The molecule has 0 aromatic heterocycles. The molecule has 0 saturated carbocycles. The van der Waals surface area contributed by atoms with Crippen LogP contribution in [-0.2, 0) is 10.2 Å². The number of fused-ring (bicyclic) bond motifs is 1. The zero-order valence-corrected chi connectivity index (χ0v) is 15.1. The monoisotopic (exact) mass is 351 g/mol. The Hall–Kier alpha value is -1.47. The summed E-state index contributed by atoms with van der Waals surface area (Å²) >= 11 is 0. The molecule has 0 saturated heterocycles. The van der Waals surface area contributed by atoms with Gasteiger partial charge in [-0.2, -0.15) is 0 Å². The highest BCUT2D eigenvalue weighted by atomic mass is 16.4. The summed E-state index contributed by atoms with van der Waals surface area (Å²) in [6, 6.07) is 6.04. The Bertz CT molecular complexity index is 616. The molecule has 1 aliphatic heterocycles. The number of hydrogen-bond donors (Lipinski definition) is 4. The average Bonchev–Trinajstić information content (AvgIpc) is 2.58. The van der Waals surface area contributed by atoms with Crippen molar-refractivity contribution in [2.45, 2.75) is 63.8 Å². The van der Waals surface area contributed by atoms with Gasteiger partial charge in [0.1, 0.15) is 12.2 Å². The Kier molecular flexibility index (Phi) is 6.21. The lowest BCUT2D eigenvalue weighted by atomic mass is 9.76. The molecule has 0 spiro atoms. The summed E-state index contributed by atoms with van der Waals surface area (Å²) in [5.74, 6) is -0.115. The van der Waals surface area contributed by atoms with E-state index in [0.29, 0.717) is 6.54 Å². The number of amides is 1. The number of carbonyl (C=O) groups excluding carboxylic acids is 1. The summed E-state index contributed by atoms with van der Waals surface area (Å²) in [5, 5.41) is 37.8. The van der Waals surface area contributed by atoms with E-state index in [2.05, 4.69) is 19.9 Å². The standard InChI is InChI=1S/C19H29NO5/c1-12-5-4-6-13-17(12)20(10-9-19(13,2)3)16(24)8-7-14(22)18(25)15(23)11-21/h4-6,14-15,18,21-23,25H,7-11H2,1-3H3. The normalized spacial score (nSPS) is 19.9. The van der Waals surface area contributed by atoms with Gasteiger partial charge in [0.05, 0.1) is 18.4 Å². The highest BCUT2D eigenvalue weighted by Gasteiger charge is 2.34. The number of aliphatic hydroxyl groups excluding tert-OH is 4. The van der Waals surface area contributed by atoms with Gasteiger partial charge in [-0.25, -0.2) is 0 Å². The van der Waals surface area contributed by atoms with E-state index in [1.807, 2.05) is 19.1 Å². The predicted molar refractivity (Wildman–Crippen MR) is 95.5 cm³/mol. The van der Waals surface area contributed by atoms with E-state index in [9.17, 15) is 20.1 Å². The van der Waals surface area contributed by atoms with Crippen LogP contribution >= 0.6 is 0 Å². The highest BCUT2D eigenvalue weighted by molar-refractivity contribution is 5.95. The Morgan fingerprint density at radius 1 is 1.24 bits per heavy atom. The van der Waals surface area contributed by atoms with Crippen LogP contribution in [0.1, 0.15) is 44.2 Å². The summed E-state index contributed by atoms with van der Waals surface area (Å²) in [4.78, 5) is 14.5. The third-order valence-electron chi connectivity index (χ3n) is 5.13. The number of aryl methyl sites for hydroxylation is 1. The number of carbonyl (C=O) groups is 1. The largest absolute Gasteiger partial charge is 0.394 e. The van der Waals surface area contributed by atoms with Crippen LogP contribution < -0.4 is 4.90 Å². The van der Waals surface area contributed by atoms with Crippen LogP contribution in [0, 0.1) is 6.92 Å². The van der Waals surface area contributed by atoms with Crippen molar-refractivity contribution >= 4 is 11.6 Å². The van der Waals surface area contributed by atoms with Crippen LogP contribution in [0.4, 0.5) is 5.69 Å². The quantitative estimate of drug-likeness (QED) is 0.609. The molecule has 3 unspecified atom stereocenters. The molecule has 0 fully saturated rings. The fourth-order valence-electron chi connectivity index (χ4n) is 3.39. The number of para-hydroxylation sites is 1. The van der Waals surface area contributed by atoms with E-state index in [1.54, 1.807) is 4.90 Å². The number of nitrogens with zero attached hydrogens (tertiary/aromatic N) is 1. The number of aliphatic hydroxyl groups is 4. The van der Waals surface area contributed by atoms with E-state index in [1.165, 1.54) is 0 Å². The smallest absolute Gasteiger partial charge is 0.227 e. The minimum atomic E-state index is -1.47. The van der Waals surface area contributed by atoms with Gasteiger partial charge in [0.2, 0.25) is 5.91 Å². The zero-order valence-electron chi connectivity index (χ0n) is 15.1. The van der Waals surface area contributed by atoms with Gasteiger partial charge in [-0.05, 0) is 36.3 Å². The maximum Gasteiger partial charge on any atom is 0.227 e. The van der Waals surface area contributed by atoms with Crippen molar-refractivity contribution in [2.75, 3.05) is 18.1 Å². The van der Waals surface area contributed by atoms with Crippen molar-refractivity contribution in [1.29, 1.82) is 0 Å². The Morgan fingerprint density at radius 3 is 2.56 bits per heavy atom. The maximum absolute atomic E-state index is 12.7. The third kappa shape index (κ3) is 4.20. The molecule has 6 heteroatoms. The lowest BCUT2D eigenvalue weighted by Crippen LogP contribution is -2.43. The number of hydrogen-bond acceptors (Lipinski definition) is 5. The Morgan fingerprint density at radius 2 is 1.92 bits per heavy atom. The molecule has 3 atom stereocenters. The second-order valence-corrected chi connectivity index (χ2v) is 7.50. The summed E-state index contributed by atoms with van der Waals surface area (Å²) in [6.45, 7) is 6.30. The Labute approximate surface area is 148 Å². The van der Waals surface area contributed by atoms with Gasteiger partial charge in [0.25, 0.3) is 0 Å². The van der Waals surface area contributed by atoms with Crippen LogP contribution in [0.25, 0.3) is 0 Å². The summed E-state index contributed by atoms with van der Waals surface area (Å²) in [5.41, 5.74) is 3.12. The van der Waals surface area contributed by atoms with Crippen LogP contribution in [0.3, 0.4) is 0 Å². The van der Waals surface area contributed by atoms with Gasteiger partial charge in [-0.1, -0.05) is 32.0 Å². The number of benzene rings is 1. The van der Waals surface area contributed by atoms with Crippen LogP contribution in [0.5, 0.6) is 0 Å². The van der Waals surface area contributed by atoms with E-state index >= 15 is 0 Å². The zero-order chi connectivity index (χ0) is 18.8. The number of rotatable bonds is 6. The molecular formula is C19H29NO5. The van der Waals surface area contributed by atoms with E-state index in [0.717, 1.165) is 23.2 Å². The van der Waals surface area contributed by atoms with Gasteiger partial charge in [0.15, 0.2) is 0 Å². The number of anilines is 1. The van der Waals surface area contributed by atoms with Crippen molar-refractivity contribution in [3.63, 3.8) is 0 Å². The van der Waals surface area contributed by atoms with Crippen LogP contribution in [0.15, 0.2) is 18.2 Å². The second-order valence-electron chi connectivity index (χ2n) is 7.50. The lowest BCUT2D eigenvalue weighted by Gasteiger charge is -2.40. The van der Waals surface area contributed by atoms with Crippen molar-refractivity contribution < 1.29 is 25.2 Å². The molecule has 140 valence electrons. The Balaban J connectivity index is 2.11. The molecule has 0 radical (unpaired) electrons. The van der Waals surface area contributed by atoms with E-state index in [4.69, 9.17) is 5.11 Å². The molecule has 1 heterocycles. The van der Waals surface area contributed by atoms with Gasteiger partial charge in [-0.3, -0.25) is 4.79 Å². The SMILES string of the molecule is Cc1cccc2c1N(C(=O)CCC(O)C(O)C(O)CO)CCC2(C)C. The fraction of sp³-hybridized carbons (Fsp3) is 0.632. The maximum atomic E-state index is 12.7. The van der Waals surface area contributed by atoms with Gasteiger partial charge >= 0.3 is 0 Å². The summed E-state index contributed by atoms with van der Waals surface area (Å²) < 4.78 is 0. The molecule has 0 bridgehead atoms. The molecule has 1 aromatic carbocycles. The van der Waals surface area contributed by atoms with Crippen LogP contribution in [-0.4, -0.2) is 57.8 Å².